The van der Waals surface area contributed by atoms with Crippen molar-refractivity contribution in [2.24, 2.45) is 0 Å². The van der Waals surface area contributed by atoms with Crippen LogP contribution in [0.4, 0.5) is 5.69 Å². The van der Waals surface area contributed by atoms with Crippen LogP contribution in [0.1, 0.15) is 20.3 Å². The molecule has 0 fully saturated rings. The summed E-state index contributed by atoms with van der Waals surface area (Å²) in [5.74, 6) is 0. The Morgan fingerprint density at radius 3 is 2.75 bits per heavy atom. The molecule has 0 aliphatic carbocycles. The number of hydrogen-bond donors (Lipinski definition) is 2. The lowest BCUT2D eigenvalue weighted by molar-refractivity contribution is 0.580. The average Bonchev–Trinajstić information content (AvgIpc) is 2.42. The van der Waals surface area contributed by atoms with Gasteiger partial charge >= 0.3 is 0 Å². The normalized spacial score (nSPS) is 14.8. The van der Waals surface area contributed by atoms with Crippen LogP contribution in [0.5, 0.6) is 0 Å². The predicted molar refractivity (Wildman–Crippen MR) is 81.7 cm³/mol. The van der Waals surface area contributed by atoms with Gasteiger partial charge in [0.2, 0.25) is 10.0 Å². The molecule has 2 atom stereocenters. The molecular weight excluding hydrogens is 298 g/mol. The molecule has 0 aromatic carbocycles. The molecule has 2 unspecified atom stereocenters. The van der Waals surface area contributed by atoms with E-state index in [9.17, 15) is 12.6 Å². The number of pyridine rings is 1. The van der Waals surface area contributed by atoms with Crippen LogP contribution in [-0.2, 0) is 20.8 Å². The molecule has 0 bridgehead atoms. The highest BCUT2D eigenvalue weighted by atomic mass is 32.2. The maximum atomic E-state index is 12.3. The molecule has 20 heavy (non-hydrogen) atoms. The summed E-state index contributed by atoms with van der Waals surface area (Å²) in [6.07, 6.45) is 5.30. The zero-order valence-electron chi connectivity index (χ0n) is 11.9. The Hall–Kier alpha value is -0.990. The Morgan fingerprint density at radius 1 is 1.45 bits per heavy atom. The lowest BCUT2D eigenvalue weighted by Gasteiger charge is -2.14. The zero-order valence-corrected chi connectivity index (χ0v) is 13.6. The summed E-state index contributed by atoms with van der Waals surface area (Å²) in [6.45, 7) is 4.55. The van der Waals surface area contributed by atoms with Gasteiger partial charge in [0.15, 0.2) is 0 Å². The molecular formula is C12H21N3O3S2. The third kappa shape index (κ3) is 4.84. The molecule has 1 aromatic rings. The van der Waals surface area contributed by atoms with Crippen LogP contribution >= 0.6 is 0 Å². The molecule has 6 nitrogen and oxygen atoms in total. The van der Waals surface area contributed by atoms with Gasteiger partial charge < -0.3 is 5.32 Å². The minimum absolute atomic E-state index is 0.113. The highest BCUT2D eigenvalue weighted by Gasteiger charge is 2.20. The fraction of sp³-hybridized carbons (Fsp3) is 0.583. The van der Waals surface area contributed by atoms with Crippen molar-refractivity contribution in [3.63, 3.8) is 0 Å². The van der Waals surface area contributed by atoms with Gasteiger partial charge in [0.1, 0.15) is 4.90 Å². The van der Waals surface area contributed by atoms with E-state index in [-0.39, 0.29) is 16.7 Å². The number of nitrogens with one attached hydrogen (secondary N) is 2. The van der Waals surface area contributed by atoms with Gasteiger partial charge in [-0.15, -0.1) is 0 Å². The maximum absolute atomic E-state index is 12.3. The third-order valence-corrected chi connectivity index (χ3v) is 5.52. The lowest BCUT2D eigenvalue weighted by Crippen LogP contribution is -2.33. The Bertz CT molecular complexity index is 561. The molecule has 0 aliphatic heterocycles. The monoisotopic (exact) mass is 319 g/mol. The number of rotatable bonds is 8. The SMILES string of the molecule is CCCNc1ccncc1S(=O)(=O)NCC(C)S(C)=O. The van der Waals surface area contributed by atoms with Crippen LogP contribution in [0.15, 0.2) is 23.4 Å². The topological polar surface area (TPSA) is 88.2 Å². The van der Waals surface area contributed by atoms with Gasteiger partial charge in [-0.25, -0.2) is 13.1 Å². The Balaban J connectivity index is 2.89. The fourth-order valence-electron chi connectivity index (χ4n) is 1.42. The Labute approximate surface area is 122 Å². The molecule has 0 saturated heterocycles. The van der Waals surface area contributed by atoms with Gasteiger partial charge in [0.25, 0.3) is 0 Å². The number of hydrogen-bond acceptors (Lipinski definition) is 5. The Morgan fingerprint density at radius 2 is 2.15 bits per heavy atom. The quantitative estimate of drug-likeness (QED) is 0.745. The average molecular weight is 319 g/mol. The van der Waals surface area contributed by atoms with E-state index in [0.29, 0.717) is 12.2 Å². The molecule has 0 aliphatic rings. The van der Waals surface area contributed by atoms with E-state index in [1.54, 1.807) is 25.4 Å². The van der Waals surface area contributed by atoms with E-state index in [1.165, 1.54) is 6.20 Å². The lowest BCUT2D eigenvalue weighted by atomic mass is 10.4. The summed E-state index contributed by atoms with van der Waals surface area (Å²) < 4.78 is 38.2. The molecule has 0 amide bonds. The van der Waals surface area contributed by atoms with Gasteiger partial charge in [-0.1, -0.05) is 6.92 Å². The first kappa shape index (κ1) is 17.1. The van der Waals surface area contributed by atoms with Crippen LogP contribution in [0.2, 0.25) is 0 Å². The first-order valence-corrected chi connectivity index (χ1v) is 9.48. The second kappa shape index (κ2) is 7.70. The van der Waals surface area contributed by atoms with Crippen molar-refractivity contribution in [3.05, 3.63) is 18.5 Å². The van der Waals surface area contributed by atoms with E-state index < -0.39 is 20.8 Å². The van der Waals surface area contributed by atoms with E-state index in [4.69, 9.17) is 0 Å². The number of anilines is 1. The second-order valence-electron chi connectivity index (χ2n) is 4.46. The molecule has 1 rings (SSSR count). The first-order valence-electron chi connectivity index (χ1n) is 6.38. The van der Waals surface area contributed by atoms with Crippen molar-refractivity contribution < 1.29 is 12.6 Å². The van der Waals surface area contributed by atoms with Crippen LogP contribution in [0.3, 0.4) is 0 Å². The summed E-state index contributed by atoms with van der Waals surface area (Å²) in [7, 11) is -4.73. The van der Waals surface area contributed by atoms with E-state index in [1.807, 2.05) is 6.92 Å². The largest absolute Gasteiger partial charge is 0.384 e. The molecule has 0 saturated carbocycles. The minimum atomic E-state index is -3.66. The summed E-state index contributed by atoms with van der Waals surface area (Å²) in [5.41, 5.74) is 0.527. The summed E-state index contributed by atoms with van der Waals surface area (Å²) >= 11 is 0. The standard InChI is InChI=1S/C12H21N3O3S2/c1-4-6-14-11-5-7-13-9-12(11)20(17,18)15-8-10(2)19(3)16/h5,7,9-10,15H,4,6,8H2,1-3H3,(H,13,14). The van der Waals surface area contributed by atoms with Crippen LogP contribution in [-0.4, -0.2) is 42.2 Å². The van der Waals surface area contributed by atoms with E-state index >= 15 is 0 Å². The predicted octanol–water partition coefficient (Wildman–Crippen LogP) is 0.949. The van der Waals surface area contributed by atoms with Crippen molar-refractivity contribution in [3.8, 4) is 0 Å². The summed E-state index contributed by atoms with van der Waals surface area (Å²) in [4.78, 5) is 3.98. The molecule has 0 radical (unpaired) electrons. The number of nitrogens with zero attached hydrogens (tertiary/aromatic N) is 1. The van der Waals surface area contributed by atoms with Gasteiger partial charge in [-0.3, -0.25) is 9.19 Å². The van der Waals surface area contributed by atoms with Crippen molar-refractivity contribution in [2.45, 2.75) is 30.4 Å². The minimum Gasteiger partial charge on any atom is -0.384 e. The van der Waals surface area contributed by atoms with Gasteiger partial charge in [0, 0.05) is 47.8 Å². The molecule has 114 valence electrons. The molecule has 2 N–H and O–H groups in total. The molecule has 1 aromatic heterocycles. The first-order chi connectivity index (χ1) is 9.38. The molecule has 0 spiro atoms. The third-order valence-electron chi connectivity index (χ3n) is 2.77. The summed E-state index contributed by atoms with van der Waals surface area (Å²) in [5, 5.41) is 2.82. The smallest absolute Gasteiger partial charge is 0.244 e. The maximum Gasteiger partial charge on any atom is 0.244 e. The van der Waals surface area contributed by atoms with Crippen LogP contribution < -0.4 is 10.0 Å². The number of sulfonamides is 1. The van der Waals surface area contributed by atoms with Crippen molar-refractivity contribution in [1.29, 1.82) is 0 Å². The van der Waals surface area contributed by atoms with E-state index in [2.05, 4.69) is 15.0 Å². The van der Waals surface area contributed by atoms with Gasteiger partial charge in [0.05, 0.1) is 5.69 Å². The van der Waals surface area contributed by atoms with Crippen LogP contribution in [0, 0.1) is 0 Å². The van der Waals surface area contributed by atoms with Gasteiger partial charge in [-0.05, 0) is 19.4 Å². The van der Waals surface area contributed by atoms with Crippen LogP contribution in [0.25, 0.3) is 0 Å². The molecule has 1 heterocycles. The zero-order chi connectivity index (χ0) is 15.2. The van der Waals surface area contributed by atoms with Gasteiger partial charge in [-0.2, -0.15) is 0 Å². The van der Waals surface area contributed by atoms with Crippen molar-refractivity contribution >= 4 is 26.5 Å². The van der Waals surface area contributed by atoms with Crippen molar-refractivity contribution in [1.82, 2.24) is 9.71 Å². The highest BCUT2D eigenvalue weighted by Crippen LogP contribution is 2.19. The summed E-state index contributed by atoms with van der Waals surface area (Å²) in [6, 6.07) is 1.63. The van der Waals surface area contributed by atoms with E-state index in [0.717, 1.165) is 6.42 Å². The number of aromatic nitrogens is 1. The highest BCUT2D eigenvalue weighted by molar-refractivity contribution is 7.89. The Kier molecular flexibility index (Phi) is 6.57. The fourth-order valence-corrected chi connectivity index (χ4v) is 3.10. The molecule has 8 heteroatoms. The second-order valence-corrected chi connectivity index (χ2v) is 8.00. The van der Waals surface area contributed by atoms with Crippen molar-refractivity contribution in [2.75, 3.05) is 24.7 Å².